The van der Waals surface area contributed by atoms with Crippen LogP contribution < -0.4 is 0 Å². The Labute approximate surface area is 347 Å². The number of hydrogen-bond donors (Lipinski definition) is 0. The van der Waals surface area contributed by atoms with Crippen molar-refractivity contribution in [3.05, 3.63) is 196 Å². The zero-order valence-electron chi connectivity index (χ0n) is 34.3. The van der Waals surface area contributed by atoms with E-state index < -0.39 is 0 Å². The maximum atomic E-state index is 6.59. The van der Waals surface area contributed by atoms with E-state index in [9.17, 15) is 0 Å². The van der Waals surface area contributed by atoms with Gasteiger partial charge in [0.1, 0.15) is 11.2 Å². The molecule has 0 amide bonds. The van der Waals surface area contributed by atoms with Crippen LogP contribution in [0.15, 0.2) is 171 Å². The molecule has 0 saturated carbocycles. The Morgan fingerprint density at radius 3 is 2.29 bits per heavy atom. The van der Waals surface area contributed by atoms with Gasteiger partial charge in [-0.2, -0.15) is 0 Å². The van der Waals surface area contributed by atoms with Crippen molar-refractivity contribution in [1.29, 1.82) is 0 Å². The number of hydrogen-bond acceptors (Lipinski definition) is 3. The molecule has 11 rings (SSSR count). The molecule has 59 heavy (non-hydrogen) atoms. The van der Waals surface area contributed by atoms with Crippen LogP contribution in [0.3, 0.4) is 0 Å². The quantitative estimate of drug-likeness (QED) is 0.166. The zero-order valence-corrected chi connectivity index (χ0v) is 34.3. The molecule has 0 fully saturated rings. The van der Waals surface area contributed by atoms with Gasteiger partial charge < -0.3 is 4.42 Å². The molecule has 0 radical (unpaired) electrons. The smallest absolute Gasteiger partial charge is 0.160 e. The molecule has 0 N–H and O–H groups in total. The van der Waals surface area contributed by atoms with E-state index in [1.165, 1.54) is 61.2 Å². The van der Waals surface area contributed by atoms with Gasteiger partial charge in [0, 0.05) is 33.7 Å². The fourth-order valence-electron chi connectivity index (χ4n) is 10.7. The van der Waals surface area contributed by atoms with E-state index >= 15 is 0 Å². The minimum absolute atomic E-state index is 0.0534. The van der Waals surface area contributed by atoms with Crippen LogP contribution in [-0.2, 0) is 11.8 Å². The minimum atomic E-state index is -0.0534. The van der Waals surface area contributed by atoms with Gasteiger partial charge in [-0.25, -0.2) is 9.98 Å². The number of benzene rings is 6. The van der Waals surface area contributed by atoms with Crippen molar-refractivity contribution < 1.29 is 4.42 Å². The number of rotatable bonds is 6. The monoisotopic (exact) mass is 764 g/mol. The average molecular weight is 765 g/mol. The molecule has 0 bridgehead atoms. The third-order valence-corrected chi connectivity index (χ3v) is 13.8. The van der Waals surface area contributed by atoms with Crippen LogP contribution in [0.2, 0.25) is 0 Å². The molecule has 3 nitrogen and oxygen atoms in total. The van der Waals surface area contributed by atoms with E-state index in [0.29, 0.717) is 11.8 Å². The van der Waals surface area contributed by atoms with E-state index in [0.717, 1.165) is 82.4 Å². The van der Waals surface area contributed by atoms with Crippen LogP contribution in [0.1, 0.15) is 104 Å². The van der Waals surface area contributed by atoms with Gasteiger partial charge in [-0.3, -0.25) is 0 Å². The van der Waals surface area contributed by atoms with Crippen LogP contribution in [0, 0.1) is 0 Å². The molecular weight excluding hydrogens is 717 g/mol. The van der Waals surface area contributed by atoms with E-state index in [4.69, 9.17) is 14.4 Å². The van der Waals surface area contributed by atoms with Gasteiger partial charge in [0.2, 0.25) is 0 Å². The zero-order chi connectivity index (χ0) is 39.8. The van der Waals surface area contributed by atoms with E-state index in [1.54, 1.807) is 0 Å². The SMILES string of the molecule is CCC1=C(c2cccc3c2oc2ccccc23)N=C(c2ccc(C(C)C3Cc4c(ccc5c4C(C)(C)c4ccccc4-5)-c4ccccc43)cc2)N=C(C2=CCCC=C2)C1. The first-order valence-electron chi connectivity index (χ1n) is 21.5. The van der Waals surface area contributed by atoms with Crippen molar-refractivity contribution in [2.45, 2.75) is 77.0 Å². The average Bonchev–Trinajstić information content (AvgIpc) is 3.69. The Kier molecular flexibility index (Phi) is 8.44. The summed E-state index contributed by atoms with van der Waals surface area (Å²) in [7, 11) is 0. The molecule has 6 aromatic carbocycles. The molecule has 2 heterocycles. The Morgan fingerprint density at radius 1 is 0.712 bits per heavy atom. The lowest BCUT2D eigenvalue weighted by Gasteiger charge is -2.36. The Morgan fingerprint density at radius 2 is 1.46 bits per heavy atom. The lowest BCUT2D eigenvalue weighted by molar-refractivity contribution is 0.557. The highest BCUT2D eigenvalue weighted by Gasteiger charge is 2.41. The lowest BCUT2D eigenvalue weighted by Crippen LogP contribution is -2.23. The van der Waals surface area contributed by atoms with Gasteiger partial charge >= 0.3 is 0 Å². The molecule has 0 spiro atoms. The topological polar surface area (TPSA) is 37.9 Å². The maximum absolute atomic E-state index is 6.59. The highest BCUT2D eigenvalue weighted by molar-refractivity contribution is 6.17. The molecule has 2 atom stereocenters. The summed E-state index contributed by atoms with van der Waals surface area (Å²) in [5.41, 5.74) is 21.1. The molecular formula is C56H48N2O. The van der Waals surface area contributed by atoms with Crippen LogP contribution in [0.25, 0.3) is 49.9 Å². The van der Waals surface area contributed by atoms with Crippen molar-refractivity contribution in [3.8, 4) is 22.3 Å². The second-order valence-corrected chi connectivity index (χ2v) is 17.4. The van der Waals surface area contributed by atoms with Gasteiger partial charge in [0.25, 0.3) is 0 Å². The molecule has 7 aromatic rings. The molecule has 3 aliphatic carbocycles. The number of nitrogens with zero attached hydrogens (tertiary/aromatic N) is 2. The van der Waals surface area contributed by atoms with Crippen LogP contribution >= 0.6 is 0 Å². The van der Waals surface area contributed by atoms with Gasteiger partial charge in [-0.15, -0.1) is 0 Å². The fraction of sp³-hybridized carbons (Fsp3) is 0.214. The van der Waals surface area contributed by atoms with E-state index in [-0.39, 0.29) is 5.41 Å². The molecule has 3 heteroatoms. The predicted octanol–water partition coefficient (Wildman–Crippen LogP) is 14.7. The first-order chi connectivity index (χ1) is 28.9. The molecule has 1 aliphatic heterocycles. The van der Waals surface area contributed by atoms with Gasteiger partial charge in [-0.1, -0.05) is 161 Å². The molecule has 2 unspecified atom stereocenters. The predicted molar refractivity (Wildman–Crippen MR) is 247 cm³/mol. The fourth-order valence-corrected chi connectivity index (χ4v) is 10.7. The number of amidine groups is 1. The number of fused-ring (bicyclic) bond motifs is 10. The first kappa shape index (κ1) is 35.8. The Hall–Kier alpha value is -6.32. The largest absolute Gasteiger partial charge is 0.455 e. The van der Waals surface area contributed by atoms with Crippen molar-refractivity contribution in [2.24, 2.45) is 9.98 Å². The number of allylic oxidation sites excluding steroid dienone is 5. The van der Waals surface area contributed by atoms with Crippen molar-refractivity contribution >= 4 is 39.2 Å². The summed E-state index contributed by atoms with van der Waals surface area (Å²) in [5, 5.41) is 2.24. The van der Waals surface area contributed by atoms with E-state index in [1.807, 2.05) is 6.07 Å². The minimum Gasteiger partial charge on any atom is -0.455 e. The normalized spacial score (nSPS) is 18.4. The summed E-state index contributed by atoms with van der Waals surface area (Å²) in [6.07, 6.45) is 11.6. The van der Waals surface area contributed by atoms with Crippen molar-refractivity contribution in [2.75, 3.05) is 0 Å². The first-order valence-corrected chi connectivity index (χ1v) is 21.5. The summed E-state index contributed by atoms with van der Waals surface area (Å²) in [4.78, 5) is 10.9. The number of para-hydroxylation sites is 2. The van der Waals surface area contributed by atoms with Gasteiger partial charge in [0.15, 0.2) is 5.84 Å². The van der Waals surface area contributed by atoms with Crippen LogP contribution in [-0.4, -0.2) is 11.5 Å². The second kappa shape index (κ2) is 13.9. The van der Waals surface area contributed by atoms with Crippen LogP contribution in [0.5, 0.6) is 0 Å². The molecule has 4 aliphatic rings. The Bertz CT molecular complexity index is 3020. The summed E-state index contributed by atoms with van der Waals surface area (Å²) in [5.74, 6) is 1.38. The lowest BCUT2D eigenvalue weighted by atomic mass is 9.68. The molecule has 1 aromatic heterocycles. The van der Waals surface area contributed by atoms with Crippen LogP contribution in [0.4, 0.5) is 0 Å². The standard InChI is InChI=1S/C56H48N2O/c1-5-35-32-50(37-16-7-6-8-17-37)57-55(58-53(35)46-23-15-22-45-43-21-12-14-25-51(43)59-54(45)46)38-28-26-36(27-29-38)34(2)47-33-48-41(39-18-9-10-19-40(39)47)30-31-44-42-20-11-13-24-49(42)56(3,4)52(44)48/h7,9-31,34,47H,5-6,8,32-33H2,1-4H3. The molecule has 0 saturated heterocycles. The Balaban J connectivity index is 0.995. The third kappa shape index (κ3) is 5.69. The summed E-state index contributed by atoms with van der Waals surface area (Å²) < 4.78 is 6.59. The van der Waals surface area contributed by atoms with Crippen molar-refractivity contribution in [1.82, 2.24) is 0 Å². The highest BCUT2D eigenvalue weighted by atomic mass is 16.3. The third-order valence-electron chi connectivity index (χ3n) is 13.8. The maximum Gasteiger partial charge on any atom is 0.160 e. The highest BCUT2D eigenvalue weighted by Crippen LogP contribution is 2.55. The number of furan rings is 1. The summed E-state index contributed by atoms with van der Waals surface area (Å²) in [6.45, 7) is 9.50. The second-order valence-electron chi connectivity index (χ2n) is 17.4. The van der Waals surface area contributed by atoms with Gasteiger partial charge in [-0.05, 0) is 111 Å². The summed E-state index contributed by atoms with van der Waals surface area (Å²) >= 11 is 0. The van der Waals surface area contributed by atoms with E-state index in [2.05, 4.69) is 167 Å². The summed E-state index contributed by atoms with van der Waals surface area (Å²) in [6, 6.07) is 46.9. The molecule has 288 valence electrons. The number of aliphatic imine (C=N–C) groups is 2. The van der Waals surface area contributed by atoms with Crippen molar-refractivity contribution in [3.63, 3.8) is 0 Å². The van der Waals surface area contributed by atoms with Gasteiger partial charge in [0.05, 0.1) is 11.4 Å².